The van der Waals surface area contributed by atoms with Crippen LogP contribution in [0.4, 0.5) is 19.0 Å². The van der Waals surface area contributed by atoms with Crippen molar-refractivity contribution in [2.24, 2.45) is 17.6 Å². The van der Waals surface area contributed by atoms with Crippen molar-refractivity contribution in [1.29, 1.82) is 5.26 Å². The Labute approximate surface area is 177 Å². The third-order valence-corrected chi connectivity index (χ3v) is 6.84. The fourth-order valence-electron chi connectivity index (χ4n) is 4.61. The predicted octanol–water partition coefficient (Wildman–Crippen LogP) is 2.38. The van der Waals surface area contributed by atoms with Gasteiger partial charge in [0.1, 0.15) is 5.56 Å². The van der Waals surface area contributed by atoms with E-state index in [1.165, 1.54) is 6.20 Å². The maximum absolute atomic E-state index is 12.8. The Morgan fingerprint density at radius 3 is 2.42 bits per heavy atom. The van der Waals surface area contributed by atoms with Crippen LogP contribution in [0.3, 0.4) is 0 Å². The standard InChI is InChI=1S/C20H25F3N6O2/c21-20(22,23)13-9-28(10-13)14-3-5-19(6-4-14,7-8-24)29-11-15(16(25)30)17(27-29)26-18(31)12-1-2-12/h11-14H,1-7,9-10H2,(H2,25,30)(H,26,27,31). The number of amides is 2. The molecule has 8 nitrogen and oxygen atoms in total. The van der Waals surface area contributed by atoms with Gasteiger partial charge in [-0.2, -0.15) is 23.5 Å². The van der Waals surface area contributed by atoms with Crippen LogP contribution >= 0.6 is 0 Å². The van der Waals surface area contributed by atoms with E-state index in [1.807, 2.05) is 4.90 Å². The van der Waals surface area contributed by atoms with Crippen LogP contribution in [-0.2, 0) is 10.3 Å². The summed E-state index contributed by atoms with van der Waals surface area (Å²) < 4.78 is 39.9. The fourth-order valence-corrected chi connectivity index (χ4v) is 4.61. The van der Waals surface area contributed by atoms with Crippen molar-refractivity contribution in [3.05, 3.63) is 11.8 Å². The van der Waals surface area contributed by atoms with Crippen LogP contribution < -0.4 is 11.1 Å². The van der Waals surface area contributed by atoms with Gasteiger partial charge in [0.15, 0.2) is 5.82 Å². The molecule has 0 atom stereocenters. The molecule has 2 saturated carbocycles. The number of alkyl halides is 3. The van der Waals surface area contributed by atoms with Crippen LogP contribution in [0, 0.1) is 23.2 Å². The summed E-state index contributed by atoms with van der Waals surface area (Å²) >= 11 is 0. The number of halogens is 3. The summed E-state index contributed by atoms with van der Waals surface area (Å²) in [6.07, 6.45) is 1.38. The monoisotopic (exact) mass is 438 g/mol. The Hall–Kier alpha value is -2.61. The molecule has 3 N–H and O–H groups in total. The Morgan fingerprint density at radius 2 is 1.90 bits per heavy atom. The van der Waals surface area contributed by atoms with E-state index in [0.717, 1.165) is 12.8 Å². The van der Waals surface area contributed by atoms with Crippen molar-refractivity contribution < 1.29 is 22.8 Å². The van der Waals surface area contributed by atoms with Gasteiger partial charge in [0.2, 0.25) is 5.91 Å². The van der Waals surface area contributed by atoms with Crippen molar-refractivity contribution >= 4 is 17.6 Å². The first kappa shape index (κ1) is 21.6. The number of nitrogens with two attached hydrogens (primary N) is 1. The Balaban J connectivity index is 1.48. The number of hydrogen-bond acceptors (Lipinski definition) is 5. The van der Waals surface area contributed by atoms with E-state index in [-0.39, 0.29) is 48.8 Å². The molecule has 1 aliphatic heterocycles. The first-order chi connectivity index (χ1) is 14.6. The quantitative estimate of drug-likeness (QED) is 0.707. The maximum atomic E-state index is 12.8. The first-order valence-electron chi connectivity index (χ1n) is 10.5. The zero-order valence-corrected chi connectivity index (χ0v) is 17.0. The van der Waals surface area contributed by atoms with Gasteiger partial charge in [0.05, 0.1) is 23.9 Å². The van der Waals surface area contributed by atoms with Crippen LogP contribution in [-0.4, -0.2) is 51.8 Å². The van der Waals surface area contributed by atoms with Gasteiger partial charge in [-0.1, -0.05) is 0 Å². The normalized spacial score (nSPS) is 27.4. The number of carbonyl (C=O) groups excluding carboxylic acids is 2. The lowest BCUT2D eigenvalue weighted by atomic mass is 9.76. The summed E-state index contributed by atoms with van der Waals surface area (Å²) in [4.78, 5) is 25.9. The predicted molar refractivity (Wildman–Crippen MR) is 104 cm³/mol. The van der Waals surface area contributed by atoms with Crippen LogP contribution in [0.5, 0.6) is 0 Å². The van der Waals surface area contributed by atoms with Crippen molar-refractivity contribution in [1.82, 2.24) is 14.7 Å². The van der Waals surface area contributed by atoms with E-state index in [9.17, 15) is 28.0 Å². The molecule has 0 bridgehead atoms. The number of nitrogens with zero attached hydrogens (tertiary/aromatic N) is 4. The molecule has 0 radical (unpaired) electrons. The fraction of sp³-hybridized carbons (Fsp3) is 0.700. The van der Waals surface area contributed by atoms with Gasteiger partial charge in [-0.05, 0) is 38.5 Å². The summed E-state index contributed by atoms with van der Waals surface area (Å²) in [7, 11) is 0. The number of anilines is 1. The molecule has 3 fully saturated rings. The molecule has 11 heteroatoms. The minimum atomic E-state index is -4.16. The molecule has 0 unspecified atom stereocenters. The highest BCUT2D eigenvalue weighted by Crippen LogP contribution is 2.43. The van der Waals surface area contributed by atoms with E-state index in [0.29, 0.717) is 25.7 Å². The van der Waals surface area contributed by atoms with Gasteiger partial charge in [-0.25, -0.2) is 0 Å². The highest BCUT2D eigenvalue weighted by Gasteiger charge is 2.50. The van der Waals surface area contributed by atoms with Crippen LogP contribution in [0.2, 0.25) is 0 Å². The van der Waals surface area contributed by atoms with Crippen molar-refractivity contribution in [2.75, 3.05) is 18.4 Å². The summed E-state index contributed by atoms with van der Waals surface area (Å²) in [5.41, 5.74) is 4.87. The zero-order chi connectivity index (χ0) is 22.4. The van der Waals surface area contributed by atoms with Crippen LogP contribution in [0.15, 0.2) is 6.20 Å². The van der Waals surface area contributed by atoms with Gasteiger partial charge in [-0.3, -0.25) is 19.2 Å². The van der Waals surface area contributed by atoms with Gasteiger partial charge < -0.3 is 11.1 Å². The summed E-state index contributed by atoms with van der Waals surface area (Å²) in [5.74, 6) is -2.18. The molecular formula is C20H25F3N6O2. The molecule has 1 aromatic rings. The third-order valence-electron chi connectivity index (χ3n) is 6.84. The molecule has 3 aliphatic rings. The molecule has 2 aliphatic carbocycles. The van der Waals surface area contributed by atoms with E-state index in [4.69, 9.17) is 5.73 Å². The molecule has 0 spiro atoms. The molecule has 2 amide bonds. The van der Waals surface area contributed by atoms with E-state index in [2.05, 4.69) is 16.5 Å². The van der Waals surface area contributed by atoms with Gasteiger partial charge in [0, 0.05) is 31.2 Å². The number of carbonyl (C=O) groups is 2. The lowest BCUT2D eigenvalue weighted by molar-refractivity contribution is -0.215. The van der Waals surface area contributed by atoms with Gasteiger partial charge in [0.25, 0.3) is 5.91 Å². The second-order valence-electron chi connectivity index (χ2n) is 8.95. The van der Waals surface area contributed by atoms with E-state index >= 15 is 0 Å². The molecule has 1 aromatic heterocycles. The first-order valence-corrected chi connectivity index (χ1v) is 10.5. The SMILES string of the molecule is N#CCC1(n2cc(C(N)=O)c(NC(=O)C3CC3)n2)CCC(N2CC(C(F)(F)F)C2)CC1. The highest BCUT2D eigenvalue weighted by molar-refractivity contribution is 6.02. The minimum Gasteiger partial charge on any atom is -0.365 e. The second kappa shape index (κ2) is 7.82. The lowest BCUT2D eigenvalue weighted by Crippen LogP contribution is -2.58. The Kier molecular flexibility index (Phi) is 5.45. The Morgan fingerprint density at radius 1 is 1.26 bits per heavy atom. The van der Waals surface area contributed by atoms with Gasteiger partial charge >= 0.3 is 6.18 Å². The number of hydrogen-bond donors (Lipinski definition) is 2. The van der Waals surface area contributed by atoms with Crippen LogP contribution in [0.1, 0.15) is 55.3 Å². The van der Waals surface area contributed by atoms with Crippen molar-refractivity contribution in [3.63, 3.8) is 0 Å². The molecule has 2 heterocycles. The highest BCUT2D eigenvalue weighted by atomic mass is 19.4. The number of nitrogens with one attached hydrogen (secondary N) is 1. The molecule has 0 aromatic carbocycles. The minimum absolute atomic E-state index is 0.0182. The largest absolute Gasteiger partial charge is 0.394 e. The molecule has 31 heavy (non-hydrogen) atoms. The topological polar surface area (TPSA) is 117 Å². The maximum Gasteiger partial charge on any atom is 0.394 e. The second-order valence-corrected chi connectivity index (χ2v) is 8.95. The number of likely N-dealkylation sites (tertiary alicyclic amines) is 1. The summed E-state index contributed by atoms with van der Waals surface area (Å²) in [6, 6.07) is 2.21. The average Bonchev–Trinajstić information content (AvgIpc) is 3.41. The Bertz CT molecular complexity index is 903. The zero-order valence-electron chi connectivity index (χ0n) is 17.0. The molecule has 168 valence electrons. The number of rotatable bonds is 6. The molecular weight excluding hydrogens is 413 g/mol. The lowest BCUT2D eigenvalue weighted by Gasteiger charge is -2.49. The van der Waals surface area contributed by atoms with E-state index in [1.54, 1.807) is 4.68 Å². The number of aromatic nitrogens is 2. The summed E-state index contributed by atoms with van der Waals surface area (Å²) in [6.45, 7) is 0.0364. The van der Waals surface area contributed by atoms with Crippen molar-refractivity contribution in [3.8, 4) is 6.07 Å². The summed E-state index contributed by atoms with van der Waals surface area (Å²) in [5, 5.41) is 16.5. The molecule has 1 saturated heterocycles. The van der Waals surface area contributed by atoms with Crippen LogP contribution in [0.25, 0.3) is 0 Å². The van der Waals surface area contributed by atoms with E-state index < -0.39 is 23.5 Å². The van der Waals surface area contributed by atoms with Gasteiger partial charge in [-0.15, -0.1) is 0 Å². The number of nitriles is 1. The number of primary amides is 1. The molecule has 4 rings (SSSR count). The average molecular weight is 438 g/mol. The smallest absolute Gasteiger partial charge is 0.365 e. The third kappa shape index (κ3) is 4.26. The van der Waals surface area contributed by atoms with Crippen molar-refractivity contribution in [2.45, 2.75) is 62.7 Å².